The third-order valence-corrected chi connectivity index (χ3v) is 3.76. The highest BCUT2D eigenvalue weighted by Gasteiger charge is 2.43. The molecular weight excluding hydrogens is 292 g/mol. The summed E-state index contributed by atoms with van der Waals surface area (Å²) in [6.45, 7) is 0.413. The van der Waals surface area contributed by atoms with Crippen molar-refractivity contribution in [2.24, 2.45) is 5.73 Å². The topological polar surface area (TPSA) is 155 Å². The van der Waals surface area contributed by atoms with Crippen LogP contribution in [0.2, 0.25) is 0 Å². The second kappa shape index (κ2) is 5.74. The lowest BCUT2D eigenvalue weighted by Crippen LogP contribution is -2.33. The first-order chi connectivity index (χ1) is 10.6. The van der Waals surface area contributed by atoms with Crippen molar-refractivity contribution in [3.63, 3.8) is 0 Å². The monoisotopic (exact) mass is 310 g/mol. The Morgan fingerprint density at radius 3 is 2.68 bits per heavy atom. The van der Waals surface area contributed by atoms with Gasteiger partial charge in [0.2, 0.25) is 0 Å². The molecule has 10 heteroatoms. The predicted molar refractivity (Wildman–Crippen MR) is 73.4 cm³/mol. The molecule has 3 heterocycles. The maximum atomic E-state index is 10.1. The van der Waals surface area contributed by atoms with E-state index in [9.17, 15) is 10.2 Å². The number of nitrogens with two attached hydrogens (primary N) is 1. The molecule has 0 radical (unpaired) electrons. The average Bonchev–Trinajstić information content (AvgIpc) is 3.05. The highest BCUT2D eigenvalue weighted by atomic mass is 16.6. The van der Waals surface area contributed by atoms with Gasteiger partial charge in [-0.15, -0.1) is 0 Å². The van der Waals surface area contributed by atoms with Crippen LogP contribution in [0.3, 0.4) is 0 Å². The summed E-state index contributed by atoms with van der Waals surface area (Å²) in [6, 6.07) is 0. The number of ether oxygens (including phenoxy) is 1. The molecule has 0 saturated carbocycles. The molecule has 1 saturated heterocycles. The zero-order chi connectivity index (χ0) is 15.9. The van der Waals surface area contributed by atoms with Crippen LogP contribution in [-0.4, -0.2) is 65.9 Å². The van der Waals surface area contributed by atoms with E-state index in [4.69, 9.17) is 21.0 Å². The van der Waals surface area contributed by atoms with Gasteiger partial charge < -0.3 is 30.4 Å². The van der Waals surface area contributed by atoms with Gasteiger partial charge >= 0.3 is 0 Å². The molecule has 10 nitrogen and oxygen atoms in total. The Labute approximate surface area is 124 Å². The largest absolute Gasteiger partial charge is 0.394 e. The molecule has 0 spiro atoms. The smallest absolute Gasteiger partial charge is 0.167 e. The second-order valence-electron chi connectivity index (χ2n) is 5.13. The van der Waals surface area contributed by atoms with Crippen LogP contribution in [0.15, 0.2) is 12.7 Å². The van der Waals surface area contributed by atoms with Crippen molar-refractivity contribution in [1.82, 2.24) is 19.1 Å². The van der Waals surface area contributed by atoms with Gasteiger partial charge in [-0.05, 0) is 0 Å². The van der Waals surface area contributed by atoms with Crippen molar-refractivity contribution < 1.29 is 20.1 Å². The number of aliphatic hydroxyl groups is 3. The number of hydrogen-bond acceptors (Lipinski definition) is 8. The zero-order valence-electron chi connectivity index (χ0n) is 11.7. The Kier molecular flexibility index (Phi) is 3.93. The quantitative estimate of drug-likeness (QED) is 0.411. The minimum atomic E-state index is -1.22. The third-order valence-electron chi connectivity index (χ3n) is 3.76. The minimum absolute atomic E-state index is 0.154. The summed E-state index contributed by atoms with van der Waals surface area (Å²) >= 11 is 0. The van der Waals surface area contributed by atoms with E-state index in [-0.39, 0.29) is 5.49 Å². The van der Waals surface area contributed by atoms with Crippen molar-refractivity contribution >= 4 is 11.2 Å². The molecule has 3 rings (SSSR count). The molecular formula is C12H18N6O4. The second-order valence-corrected chi connectivity index (χ2v) is 5.13. The SMILES string of the molecule is N=c1c2ncn([C@@H]3O[C@H](CO)[C@@H](O)[C@H]3O)c2ncn1CCN. The summed E-state index contributed by atoms with van der Waals surface area (Å²) in [5.41, 5.74) is 6.33. The fourth-order valence-electron chi connectivity index (χ4n) is 2.57. The molecule has 1 aliphatic rings. The average molecular weight is 310 g/mol. The summed E-state index contributed by atoms with van der Waals surface area (Å²) in [6.07, 6.45) is -1.36. The fraction of sp³-hybridized carbons (Fsp3) is 0.583. The van der Waals surface area contributed by atoms with Crippen molar-refractivity contribution in [1.29, 1.82) is 5.41 Å². The molecule has 120 valence electrons. The molecule has 2 aromatic heterocycles. The van der Waals surface area contributed by atoms with Gasteiger partial charge in [-0.25, -0.2) is 9.97 Å². The molecule has 1 aliphatic heterocycles. The number of imidazole rings is 1. The van der Waals surface area contributed by atoms with E-state index in [1.807, 2.05) is 0 Å². The first-order valence-corrected chi connectivity index (χ1v) is 6.87. The standard InChI is InChI=1S/C12H18N6O4/c13-1-2-17-4-16-11-7(10(17)14)15-5-18(11)12-9(21)8(20)6(3-19)22-12/h4-6,8-9,12,14,19-21H,1-3,13H2/t6-,8-,9-,12-/m1/s1. The van der Waals surface area contributed by atoms with Crippen molar-refractivity contribution in [2.45, 2.75) is 31.1 Å². The Bertz CT molecular complexity index is 728. The van der Waals surface area contributed by atoms with Gasteiger partial charge in [0.25, 0.3) is 0 Å². The molecule has 0 amide bonds. The van der Waals surface area contributed by atoms with Crippen LogP contribution in [0.1, 0.15) is 6.23 Å². The normalized spacial score (nSPS) is 28.5. The van der Waals surface area contributed by atoms with E-state index < -0.39 is 31.1 Å². The van der Waals surface area contributed by atoms with E-state index in [1.54, 1.807) is 4.57 Å². The first-order valence-electron chi connectivity index (χ1n) is 6.87. The predicted octanol–water partition coefficient (Wildman–Crippen LogP) is -2.72. The van der Waals surface area contributed by atoms with Gasteiger partial charge in [-0.2, -0.15) is 0 Å². The number of aromatic nitrogens is 4. The van der Waals surface area contributed by atoms with Gasteiger partial charge in [0.05, 0.1) is 19.3 Å². The minimum Gasteiger partial charge on any atom is -0.394 e. The Hall–Kier alpha value is -1.85. The number of fused-ring (bicyclic) bond motifs is 1. The Balaban J connectivity index is 2.03. The molecule has 0 bridgehead atoms. The van der Waals surface area contributed by atoms with Crippen molar-refractivity contribution in [3.05, 3.63) is 18.1 Å². The van der Waals surface area contributed by atoms with E-state index in [1.165, 1.54) is 17.2 Å². The van der Waals surface area contributed by atoms with Crippen LogP contribution in [0.25, 0.3) is 11.2 Å². The van der Waals surface area contributed by atoms with Crippen LogP contribution in [0, 0.1) is 5.41 Å². The number of hydrogen-bond donors (Lipinski definition) is 5. The Morgan fingerprint density at radius 1 is 1.27 bits per heavy atom. The lowest BCUT2D eigenvalue weighted by Gasteiger charge is -2.16. The van der Waals surface area contributed by atoms with Crippen molar-refractivity contribution in [3.8, 4) is 0 Å². The zero-order valence-corrected chi connectivity index (χ0v) is 11.7. The van der Waals surface area contributed by atoms with Gasteiger partial charge in [0.1, 0.15) is 23.8 Å². The molecule has 22 heavy (non-hydrogen) atoms. The van der Waals surface area contributed by atoms with Crippen LogP contribution in [0.4, 0.5) is 0 Å². The summed E-state index contributed by atoms with van der Waals surface area (Å²) in [5.74, 6) is 0. The van der Waals surface area contributed by atoms with E-state index in [2.05, 4.69) is 9.97 Å². The molecule has 0 unspecified atom stereocenters. The number of aliphatic hydroxyl groups excluding tert-OH is 3. The summed E-state index contributed by atoms with van der Waals surface area (Å²) in [5, 5.41) is 37.1. The lowest BCUT2D eigenvalue weighted by molar-refractivity contribution is -0.0511. The third kappa shape index (κ3) is 2.21. The van der Waals surface area contributed by atoms with Gasteiger partial charge in [0.15, 0.2) is 17.4 Å². The van der Waals surface area contributed by atoms with Gasteiger partial charge in [0, 0.05) is 13.1 Å². The summed E-state index contributed by atoms with van der Waals surface area (Å²) in [7, 11) is 0. The molecule has 1 fully saturated rings. The van der Waals surface area contributed by atoms with E-state index in [0.717, 1.165) is 0 Å². The number of nitrogens with zero attached hydrogens (tertiary/aromatic N) is 4. The molecule has 0 aliphatic carbocycles. The number of rotatable bonds is 4. The van der Waals surface area contributed by atoms with Gasteiger partial charge in [-0.3, -0.25) is 9.98 Å². The summed E-state index contributed by atoms with van der Waals surface area (Å²) < 4.78 is 8.46. The van der Waals surface area contributed by atoms with Crippen LogP contribution in [0.5, 0.6) is 0 Å². The molecule has 6 N–H and O–H groups in total. The molecule has 0 aromatic carbocycles. The highest BCUT2D eigenvalue weighted by molar-refractivity contribution is 5.68. The van der Waals surface area contributed by atoms with Crippen LogP contribution in [-0.2, 0) is 11.3 Å². The Morgan fingerprint density at radius 2 is 2.05 bits per heavy atom. The van der Waals surface area contributed by atoms with Crippen molar-refractivity contribution in [2.75, 3.05) is 13.2 Å². The lowest BCUT2D eigenvalue weighted by atomic mass is 10.1. The first kappa shape index (κ1) is 15.1. The van der Waals surface area contributed by atoms with Gasteiger partial charge in [-0.1, -0.05) is 0 Å². The fourth-order valence-corrected chi connectivity index (χ4v) is 2.57. The van der Waals surface area contributed by atoms with Crippen LogP contribution >= 0.6 is 0 Å². The van der Waals surface area contributed by atoms with E-state index in [0.29, 0.717) is 24.3 Å². The maximum Gasteiger partial charge on any atom is 0.167 e. The highest BCUT2D eigenvalue weighted by Crippen LogP contribution is 2.30. The summed E-state index contributed by atoms with van der Waals surface area (Å²) in [4.78, 5) is 8.36. The maximum absolute atomic E-state index is 10.1. The number of nitrogens with one attached hydrogen (secondary N) is 1. The van der Waals surface area contributed by atoms with E-state index >= 15 is 0 Å². The molecule has 4 atom stereocenters. The van der Waals surface area contributed by atoms with Crippen LogP contribution < -0.4 is 11.2 Å². The molecule has 2 aromatic rings.